The normalized spacial score (nSPS) is 24.3. The molecule has 1 aliphatic heterocycles. The van der Waals surface area contributed by atoms with E-state index in [4.69, 9.17) is 0 Å². The van der Waals surface area contributed by atoms with Gasteiger partial charge < -0.3 is 4.90 Å². The van der Waals surface area contributed by atoms with E-state index < -0.39 is 9.84 Å². The Labute approximate surface area is 94.9 Å². The first kappa shape index (κ1) is 12.5. The summed E-state index contributed by atoms with van der Waals surface area (Å²) in [6.45, 7) is 2.84. The van der Waals surface area contributed by atoms with E-state index in [1.54, 1.807) is 0 Å². The number of halogens is 1. The Kier molecular flexibility index (Phi) is 4.87. The minimum Gasteiger partial charge on any atom is -0.302 e. The van der Waals surface area contributed by atoms with Gasteiger partial charge in [-0.25, -0.2) is 8.42 Å². The molecule has 84 valence electrons. The molecule has 0 aromatic heterocycles. The Morgan fingerprint density at radius 3 is 2.79 bits per heavy atom. The highest BCUT2D eigenvalue weighted by atomic mass is 79.9. The molecule has 1 unspecified atom stereocenters. The van der Waals surface area contributed by atoms with Crippen LogP contribution < -0.4 is 0 Å². The Morgan fingerprint density at radius 1 is 1.50 bits per heavy atom. The minimum absolute atomic E-state index is 0.300. The SMILES string of the molecule is CS(=O)(=O)CCN1CCC(CCBr)C1. The fraction of sp³-hybridized carbons (Fsp3) is 1.00. The third-order valence-electron chi connectivity index (χ3n) is 2.67. The van der Waals surface area contributed by atoms with Gasteiger partial charge in [0.25, 0.3) is 0 Å². The number of rotatable bonds is 5. The third-order valence-corrected chi connectivity index (χ3v) is 4.05. The van der Waals surface area contributed by atoms with Crippen molar-refractivity contribution in [1.29, 1.82) is 0 Å². The molecule has 0 aliphatic carbocycles. The molecule has 0 spiro atoms. The molecule has 5 heteroatoms. The van der Waals surface area contributed by atoms with Crippen molar-refractivity contribution in [2.75, 3.05) is 37.0 Å². The van der Waals surface area contributed by atoms with E-state index in [0.29, 0.717) is 12.3 Å². The van der Waals surface area contributed by atoms with Gasteiger partial charge in [0.15, 0.2) is 0 Å². The second-order valence-corrected chi connectivity index (χ2v) is 7.12. The maximum Gasteiger partial charge on any atom is 0.148 e. The molecule has 0 aromatic rings. The van der Waals surface area contributed by atoms with Crippen molar-refractivity contribution in [3.8, 4) is 0 Å². The molecule has 0 aromatic carbocycles. The molecule has 0 amide bonds. The molecule has 1 aliphatic rings. The van der Waals surface area contributed by atoms with Gasteiger partial charge in [-0.15, -0.1) is 0 Å². The van der Waals surface area contributed by atoms with Crippen LogP contribution in [-0.4, -0.2) is 50.3 Å². The zero-order chi connectivity index (χ0) is 10.6. The predicted octanol–water partition coefficient (Wildman–Crippen LogP) is 1.14. The summed E-state index contributed by atoms with van der Waals surface area (Å²) in [5.74, 6) is 1.06. The van der Waals surface area contributed by atoms with Crippen LogP contribution in [-0.2, 0) is 9.84 Å². The molecule has 3 nitrogen and oxygen atoms in total. The van der Waals surface area contributed by atoms with Gasteiger partial charge >= 0.3 is 0 Å². The molecule has 0 N–H and O–H groups in total. The summed E-state index contributed by atoms with van der Waals surface area (Å²) in [5.41, 5.74) is 0. The Balaban J connectivity index is 2.23. The highest BCUT2D eigenvalue weighted by molar-refractivity contribution is 9.09. The summed E-state index contributed by atoms with van der Waals surface area (Å²) in [7, 11) is -2.79. The molecule has 14 heavy (non-hydrogen) atoms. The summed E-state index contributed by atoms with van der Waals surface area (Å²) in [4.78, 5) is 2.26. The average Bonchev–Trinajstić information content (AvgIpc) is 2.49. The van der Waals surface area contributed by atoms with Crippen LogP contribution in [0.4, 0.5) is 0 Å². The van der Waals surface area contributed by atoms with E-state index in [2.05, 4.69) is 20.8 Å². The smallest absolute Gasteiger partial charge is 0.148 e. The second-order valence-electron chi connectivity index (χ2n) is 4.06. The first-order chi connectivity index (χ1) is 6.51. The van der Waals surface area contributed by atoms with E-state index in [1.165, 1.54) is 19.1 Å². The molecule has 0 bridgehead atoms. The lowest BCUT2D eigenvalue weighted by Crippen LogP contribution is -2.27. The lowest BCUT2D eigenvalue weighted by molar-refractivity contribution is 0.341. The quantitative estimate of drug-likeness (QED) is 0.710. The monoisotopic (exact) mass is 283 g/mol. The van der Waals surface area contributed by atoms with Crippen LogP contribution >= 0.6 is 15.9 Å². The van der Waals surface area contributed by atoms with Crippen molar-refractivity contribution in [2.45, 2.75) is 12.8 Å². The highest BCUT2D eigenvalue weighted by Gasteiger charge is 2.22. The number of sulfone groups is 1. The number of likely N-dealkylation sites (tertiary alicyclic amines) is 1. The van der Waals surface area contributed by atoms with Crippen LogP contribution in [0, 0.1) is 5.92 Å². The van der Waals surface area contributed by atoms with E-state index in [1.807, 2.05) is 0 Å². The van der Waals surface area contributed by atoms with E-state index in [9.17, 15) is 8.42 Å². The van der Waals surface area contributed by atoms with Crippen LogP contribution in [0.3, 0.4) is 0 Å². The number of alkyl halides is 1. The Bertz CT molecular complexity index is 266. The minimum atomic E-state index is -2.79. The predicted molar refractivity (Wildman–Crippen MR) is 62.7 cm³/mol. The van der Waals surface area contributed by atoms with Crippen molar-refractivity contribution in [2.24, 2.45) is 5.92 Å². The summed E-state index contributed by atoms with van der Waals surface area (Å²) < 4.78 is 21.9. The summed E-state index contributed by atoms with van der Waals surface area (Å²) >= 11 is 3.44. The summed E-state index contributed by atoms with van der Waals surface area (Å²) in [5, 5.41) is 1.05. The number of nitrogens with zero attached hydrogens (tertiary/aromatic N) is 1. The molecule has 1 heterocycles. The molecule has 1 atom stereocenters. The van der Waals surface area contributed by atoms with E-state index in [0.717, 1.165) is 24.3 Å². The van der Waals surface area contributed by atoms with Crippen molar-refractivity contribution in [3.05, 3.63) is 0 Å². The zero-order valence-corrected chi connectivity index (χ0v) is 11.0. The molecule has 1 fully saturated rings. The van der Waals surface area contributed by atoms with Crippen LogP contribution in [0.25, 0.3) is 0 Å². The summed E-state index contributed by atoms with van der Waals surface area (Å²) in [6, 6.07) is 0. The largest absolute Gasteiger partial charge is 0.302 e. The fourth-order valence-corrected chi connectivity index (χ4v) is 3.04. The van der Waals surface area contributed by atoms with Crippen molar-refractivity contribution >= 4 is 25.8 Å². The van der Waals surface area contributed by atoms with Gasteiger partial charge in [0, 0.05) is 24.7 Å². The lowest BCUT2D eigenvalue weighted by atomic mass is 10.1. The molecule has 1 saturated heterocycles. The van der Waals surface area contributed by atoms with Crippen LogP contribution in [0.15, 0.2) is 0 Å². The van der Waals surface area contributed by atoms with Gasteiger partial charge in [0.2, 0.25) is 0 Å². The molecule has 1 rings (SSSR count). The van der Waals surface area contributed by atoms with Gasteiger partial charge in [-0.1, -0.05) is 15.9 Å². The fourth-order valence-electron chi connectivity index (χ4n) is 1.80. The molecule has 0 radical (unpaired) electrons. The third kappa shape index (κ3) is 4.75. The summed E-state index contributed by atoms with van der Waals surface area (Å²) in [6.07, 6.45) is 3.73. The van der Waals surface area contributed by atoms with Gasteiger partial charge in [0.05, 0.1) is 5.75 Å². The van der Waals surface area contributed by atoms with Crippen molar-refractivity contribution < 1.29 is 8.42 Å². The van der Waals surface area contributed by atoms with Crippen LogP contribution in [0.1, 0.15) is 12.8 Å². The molecular formula is C9H18BrNO2S. The molecular weight excluding hydrogens is 266 g/mol. The lowest BCUT2D eigenvalue weighted by Gasteiger charge is -2.14. The van der Waals surface area contributed by atoms with Gasteiger partial charge in [-0.3, -0.25) is 0 Å². The maximum absolute atomic E-state index is 11.0. The zero-order valence-electron chi connectivity index (χ0n) is 8.58. The standard InChI is InChI=1S/C9H18BrNO2S/c1-14(12,13)7-6-11-5-3-9(8-11)2-4-10/h9H,2-8H2,1H3. The molecule has 0 saturated carbocycles. The Morgan fingerprint density at radius 2 is 2.21 bits per heavy atom. The number of hydrogen-bond acceptors (Lipinski definition) is 3. The van der Waals surface area contributed by atoms with E-state index >= 15 is 0 Å². The van der Waals surface area contributed by atoms with Gasteiger partial charge in [0.1, 0.15) is 9.84 Å². The van der Waals surface area contributed by atoms with Crippen molar-refractivity contribution in [1.82, 2.24) is 4.90 Å². The van der Waals surface area contributed by atoms with E-state index in [-0.39, 0.29) is 0 Å². The second kappa shape index (κ2) is 5.47. The average molecular weight is 284 g/mol. The van der Waals surface area contributed by atoms with Gasteiger partial charge in [-0.2, -0.15) is 0 Å². The first-order valence-corrected chi connectivity index (χ1v) is 8.15. The van der Waals surface area contributed by atoms with Crippen LogP contribution in [0.5, 0.6) is 0 Å². The maximum atomic E-state index is 11.0. The number of hydrogen-bond donors (Lipinski definition) is 0. The topological polar surface area (TPSA) is 37.4 Å². The highest BCUT2D eigenvalue weighted by Crippen LogP contribution is 2.19. The van der Waals surface area contributed by atoms with Gasteiger partial charge in [-0.05, 0) is 25.3 Å². The van der Waals surface area contributed by atoms with Crippen LogP contribution in [0.2, 0.25) is 0 Å². The Hall–Kier alpha value is 0.390. The van der Waals surface area contributed by atoms with Crippen molar-refractivity contribution in [3.63, 3.8) is 0 Å². The first-order valence-electron chi connectivity index (χ1n) is 4.97.